The quantitative estimate of drug-likeness (QED) is 0.821. The lowest BCUT2D eigenvalue weighted by molar-refractivity contribution is -0.121. The summed E-state index contributed by atoms with van der Waals surface area (Å²) >= 11 is 0. The third-order valence-electron chi connectivity index (χ3n) is 2.52. The van der Waals surface area contributed by atoms with Crippen molar-refractivity contribution in [3.05, 3.63) is 23.8 Å². The number of halogens is 2. The van der Waals surface area contributed by atoms with E-state index in [1.165, 1.54) is 7.05 Å². The number of amides is 1. The van der Waals surface area contributed by atoms with Crippen LogP contribution in [-0.2, 0) is 4.79 Å². The van der Waals surface area contributed by atoms with Gasteiger partial charge in [-0.3, -0.25) is 4.79 Å². The van der Waals surface area contributed by atoms with Gasteiger partial charge in [-0.1, -0.05) is 0 Å². The average molecular weight is 242 g/mol. The predicted octanol–water partition coefficient (Wildman–Crippen LogP) is 1.27. The number of fused-ring (bicyclic) bond motifs is 1. The number of anilines is 1. The first-order valence-electron chi connectivity index (χ1n) is 5.19. The smallest absolute Gasteiger partial charge is 0.221 e. The Labute approximate surface area is 97.0 Å². The summed E-state index contributed by atoms with van der Waals surface area (Å²) in [6, 6.07) is 1.57. The molecule has 17 heavy (non-hydrogen) atoms. The topological polar surface area (TPSA) is 50.4 Å². The van der Waals surface area contributed by atoms with Crippen molar-refractivity contribution >= 4 is 11.6 Å². The lowest BCUT2D eigenvalue weighted by Gasteiger charge is -2.27. The fraction of sp³-hybridized carbons (Fsp3) is 0.364. The van der Waals surface area contributed by atoms with Crippen LogP contribution >= 0.6 is 0 Å². The summed E-state index contributed by atoms with van der Waals surface area (Å²) in [6.07, 6.45) is 0.173. The van der Waals surface area contributed by atoms with E-state index in [-0.39, 0.29) is 36.4 Å². The van der Waals surface area contributed by atoms with E-state index >= 15 is 0 Å². The second kappa shape index (κ2) is 4.57. The third-order valence-corrected chi connectivity index (χ3v) is 2.52. The molecule has 1 aromatic carbocycles. The Hall–Kier alpha value is -1.85. The van der Waals surface area contributed by atoms with E-state index < -0.39 is 11.6 Å². The van der Waals surface area contributed by atoms with Crippen molar-refractivity contribution in [3.8, 4) is 5.75 Å². The van der Waals surface area contributed by atoms with Crippen LogP contribution in [0.1, 0.15) is 6.42 Å². The summed E-state index contributed by atoms with van der Waals surface area (Å²) in [5.74, 6) is -1.44. The molecule has 1 unspecified atom stereocenters. The van der Waals surface area contributed by atoms with Crippen molar-refractivity contribution in [2.24, 2.45) is 0 Å². The van der Waals surface area contributed by atoms with Gasteiger partial charge in [0.15, 0.2) is 5.82 Å². The molecule has 2 rings (SSSR count). The van der Waals surface area contributed by atoms with Crippen molar-refractivity contribution in [2.75, 3.05) is 19.0 Å². The molecule has 1 aliphatic rings. The number of rotatable bonds is 2. The molecule has 0 radical (unpaired) electrons. The van der Waals surface area contributed by atoms with Crippen molar-refractivity contribution in [2.45, 2.75) is 12.5 Å². The van der Waals surface area contributed by atoms with Gasteiger partial charge in [-0.15, -0.1) is 0 Å². The Morgan fingerprint density at radius 2 is 2.35 bits per heavy atom. The molecule has 1 atom stereocenters. The van der Waals surface area contributed by atoms with Crippen molar-refractivity contribution < 1.29 is 18.3 Å². The zero-order chi connectivity index (χ0) is 12.4. The molecule has 92 valence electrons. The monoisotopic (exact) mass is 242 g/mol. The van der Waals surface area contributed by atoms with Crippen molar-refractivity contribution in [1.82, 2.24) is 5.32 Å². The summed E-state index contributed by atoms with van der Waals surface area (Å²) in [7, 11) is 1.52. The molecule has 1 aliphatic heterocycles. The van der Waals surface area contributed by atoms with E-state index in [0.29, 0.717) is 0 Å². The van der Waals surface area contributed by atoms with Gasteiger partial charge in [-0.2, -0.15) is 0 Å². The fourth-order valence-corrected chi connectivity index (χ4v) is 1.68. The minimum atomic E-state index is -0.721. The molecule has 0 aromatic heterocycles. The molecule has 6 heteroatoms. The zero-order valence-electron chi connectivity index (χ0n) is 9.22. The van der Waals surface area contributed by atoms with Crippen LogP contribution in [0.2, 0.25) is 0 Å². The van der Waals surface area contributed by atoms with Crippen LogP contribution in [0.5, 0.6) is 5.75 Å². The van der Waals surface area contributed by atoms with E-state index in [4.69, 9.17) is 4.74 Å². The van der Waals surface area contributed by atoms with Gasteiger partial charge in [0.25, 0.3) is 0 Å². The van der Waals surface area contributed by atoms with Gasteiger partial charge in [0.2, 0.25) is 5.91 Å². The van der Waals surface area contributed by atoms with Gasteiger partial charge in [0.05, 0.1) is 12.5 Å². The van der Waals surface area contributed by atoms with Gasteiger partial charge < -0.3 is 15.4 Å². The molecule has 1 heterocycles. The number of nitrogens with one attached hydrogen (secondary N) is 2. The number of hydrogen-bond acceptors (Lipinski definition) is 3. The number of carbonyl (C=O) groups is 1. The van der Waals surface area contributed by atoms with E-state index in [9.17, 15) is 13.6 Å². The molecule has 1 amide bonds. The molecule has 0 spiro atoms. The normalized spacial score (nSPS) is 17.7. The second-order valence-corrected chi connectivity index (χ2v) is 3.79. The van der Waals surface area contributed by atoms with Gasteiger partial charge in [0, 0.05) is 19.2 Å². The largest absolute Gasteiger partial charge is 0.489 e. The van der Waals surface area contributed by atoms with Crippen LogP contribution in [0.25, 0.3) is 0 Å². The fourth-order valence-electron chi connectivity index (χ4n) is 1.68. The molecule has 0 bridgehead atoms. The number of hydrogen-bond donors (Lipinski definition) is 2. The lowest BCUT2D eigenvalue weighted by Crippen LogP contribution is -2.36. The van der Waals surface area contributed by atoms with Crippen LogP contribution in [0.4, 0.5) is 14.5 Å². The second-order valence-electron chi connectivity index (χ2n) is 3.79. The highest BCUT2D eigenvalue weighted by Crippen LogP contribution is 2.32. The maximum absolute atomic E-state index is 13.4. The van der Waals surface area contributed by atoms with Crippen molar-refractivity contribution in [1.29, 1.82) is 0 Å². The molecule has 0 fully saturated rings. The number of carbonyl (C=O) groups excluding carboxylic acids is 1. The Kier molecular flexibility index (Phi) is 3.12. The van der Waals surface area contributed by atoms with Crippen LogP contribution < -0.4 is 15.4 Å². The van der Waals surface area contributed by atoms with E-state index in [1.54, 1.807) is 0 Å². The van der Waals surface area contributed by atoms with Gasteiger partial charge in [-0.25, -0.2) is 8.78 Å². The average Bonchev–Trinajstić information content (AvgIpc) is 2.29. The standard InChI is InChI=1S/C11H12F2N2O2/c1-14-10(16)4-7-5-17-9-3-6(12)2-8(13)11(9)15-7/h2-3,7,15H,4-5H2,1H3,(H,14,16). The number of ether oxygens (including phenoxy) is 1. The van der Waals surface area contributed by atoms with Crippen LogP contribution in [0.3, 0.4) is 0 Å². The maximum Gasteiger partial charge on any atom is 0.221 e. The molecule has 4 nitrogen and oxygen atoms in total. The van der Waals surface area contributed by atoms with E-state index in [2.05, 4.69) is 10.6 Å². The highest BCUT2D eigenvalue weighted by Gasteiger charge is 2.24. The molecule has 1 aromatic rings. The predicted molar refractivity (Wildman–Crippen MR) is 57.9 cm³/mol. The van der Waals surface area contributed by atoms with E-state index in [0.717, 1.165) is 12.1 Å². The summed E-state index contributed by atoms with van der Waals surface area (Å²) in [5, 5.41) is 5.30. The van der Waals surface area contributed by atoms with Gasteiger partial charge >= 0.3 is 0 Å². The first kappa shape index (κ1) is 11.6. The summed E-state index contributed by atoms with van der Waals surface area (Å²) in [6.45, 7) is 0.198. The lowest BCUT2D eigenvalue weighted by atomic mass is 10.1. The summed E-state index contributed by atoms with van der Waals surface area (Å²) < 4.78 is 31.6. The molecule has 0 saturated heterocycles. The first-order chi connectivity index (χ1) is 8.10. The van der Waals surface area contributed by atoms with Crippen LogP contribution in [0, 0.1) is 11.6 Å². The third kappa shape index (κ3) is 2.46. The Balaban J connectivity index is 2.16. The zero-order valence-corrected chi connectivity index (χ0v) is 9.22. The minimum absolute atomic E-state index is 0.103. The summed E-state index contributed by atoms with van der Waals surface area (Å²) in [4.78, 5) is 11.2. The highest BCUT2D eigenvalue weighted by molar-refractivity contribution is 5.77. The minimum Gasteiger partial charge on any atom is -0.489 e. The molecule has 0 saturated carbocycles. The van der Waals surface area contributed by atoms with E-state index in [1.807, 2.05) is 0 Å². The Bertz CT molecular complexity index is 451. The van der Waals surface area contributed by atoms with Crippen LogP contribution in [0.15, 0.2) is 12.1 Å². The first-order valence-corrected chi connectivity index (χ1v) is 5.19. The Morgan fingerprint density at radius 1 is 1.59 bits per heavy atom. The SMILES string of the molecule is CNC(=O)CC1COc2cc(F)cc(F)c2N1. The van der Waals surface area contributed by atoms with Gasteiger partial charge in [0.1, 0.15) is 23.9 Å². The Morgan fingerprint density at radius 3 is 3.06 bits per heavy atom. The summed E-state index contributed by atoms with van der Waals surface area (Å²) in [5.41, 5.74) is 0.103. The molecule has 2 N–H and O–H groups in total. The van der Waals surface area contributed by atoms with Crippen molar-refractivity contribution in [3.63, 3.8) is 0 Å². The molecular formula is C11H12F2N2O2. The highest BCUT2D eigenvalue weighted by atomic mass is 19.1. The molecule has 0 aliphatic carbocycles. The number of benzene rings is 1. The van der Waals surface area contributed by atoms with Crippen LogP contribution in [-0.4, -0.2) is 25.6 Å². The van der Waals surface area contributed by atoms with Gasteiger partial charge in [-0.05, 0) is 0 Å². The molecular weight excluding hydrogens is 230 g/mol. The maximum atomic E-state index is 13.4.